The smallest absolute Gasteiger partial charge is 0.267 e. The minimum absolute atomic E-state index is 0.0678. The molecule has 1 aliphatic carbocycles. The number of hydrogen-bond acceptors (Lipinski definition) is 5. The second kappa shape index (κ2) is 8.73. The normalized spacial score (nSPS) is 13.8. The summed E-state index contributed by atoms with van der Waals surface area (Å²) < 4.78 is 1.64. The summed E-state index contributed by atoms with van der Waals surface area (Å²) in [5, 5.41) is 4.09. The van der Waals surface area contributed by atoms with Gasteiger partial charge in [-0.15, -0.1) is 11.3 Å². The third-order valence-corrected chi connectivity index (χ3v) is 8.07. The van der Waals surface area contributed by atoms with Gasteiger partial charge in [0, 0.05) is 4.88 Å². The molecule has 2 aromatic heterocycles. The Balaban J connectivity index is 1.55. The zero-order valence-corrected chi connectivity index (χ0v) is 19.7. The Morgan fingerprint density at radius 3 is 2.69 bits per heavy atom. The van der Waals surface area contributed by atoms with Gasteiger partial charge in [-0.2, -0.15) is 0 Å². The van der Waals surface area contributed by atoms with Gasteiger partial charge in [0.1, 0.15) is 4.83 Å². The van der Waals surface area contributed by atoms with Crippen LogP contribution < -0.4 is 10.9 Å². The molecule has 32 heavy (non-hydrogen) atoms. The number of para-hydroxylation sites is 2. The fourth-order valence-electron chi connectivity index (χ4n) is 3.92. The number of fused-ring (bicyclic) bond motifs is 3. The highest BCUT2D eigenvalue weighted by Gasteiger charge is 2.26. The summed E-state index contributed by atoms with van der Waals surface area (Å²) in [7, 11) is 0. The Morgan fingerprint density at radius 1 is 1.16 bits per heavy atom. The minimum Gasteiger partial charge on any atom is -0.324 e. The molecule has 0 saturated heterocycles. The van der Waals surface area contributed by atoms with E-state index in [1.54, 1.807) is 35.0 Å². The lowest BCUT2D eigenvalue weighted by Gasteiger charge is -2.16. The third kappa shape index (κ3) is 3.85. The van der Waals surface area contributed by atoms with Crippen molar-refractivity contribution in [2.45, 2.75) is 36.6 Å². The Labute approximate surface area is 198 Å². The van der Waals surface area contributed by atoms with E-state index in [0.29, 0.717) is 15.9 Å². The van der Waals surface area contributed by atoms with E-state index in [0.717, 1.165) is 40.7 Å². The van der Waals surface area contributed by atoms with Crippen LogP contribution in [0.3, 0.4) is 0 Å². The zero-order chi connectivity index (χ0) is 22.2. The van der Waals surface area contributed by atoms with Gasteiger partial charge >= 0.3 is 0 Å². The highest BCUT2D eigenvalue weighted by atomic mass is 35.5. The summed E-state index contributed by atoms with van der Waals surface area (Å²) in [6.45, 7) is 1.80. The lowest BCUT2D eigenvalue weighted by Crippen LogP contribution is -2.26. The Hall–Kier alpha value is -2.61. The van der Waals surface area contributed by atoms with Crippen LogP contribution in [0.1, 0.15) is 23.8 Å². The Morgan fingerprint density at radius 2 is 1.91 bits per heavy atom. The van der Waals surface area contributed by atoms with Crippen molar-refractivity contribution in [3.8, 4) is 5.69 Å². The molecule has 1 amide bonds. The number of nitrogens with zero attached hydrogens (tertiary/aromatic N) is 2. The third-order valence-electron chi connectivity index (χ3n) is 5.51. The van der Waals surface area contributed by atoms with Crippen molar-refractivity contribution in [3.05, 3.63) is 80.4 Å². The first-order chi connectivity index (χ1) is 15.5. The van der Waals surface area contributed by atoms with Gasteiger partial charge in [-0.1, -0.05) is 53.7 Å². The predicted octanol–water partition coefficient (Wildman–Crippen LogP) is 5.71. The molecule has 1 atom stereocenters. The van der Waals surface area contributed by atoms with Crippen LogP contribution in [0.25, 0.3) is 15.9 Å². The second-order valence-electron chi connectivity index (χ2n) is 7.64. The number of carbonyl (C=O) groups is 1. The molecule has 1 aliphatic rings. The number of anilines is 1. The van der Waals surface area contributed by atoms with E-state index >= 15 is 0 Å². The average molecular weight is 482 g/mol. The maximum Gasteiger partial charge on any atom is 0.267 e. The summed E-state index contributed by atoms with van der Waals surface area (Å²) >= 11 is 9.06. The lowest BCUT2D eigenvalue weighted by atomic mass is 10.2. The number of thiophene rings is 1. The van der Waals surface area contributed by atoms with Crippen molar-refractivity contribution in [1.29, 1.82) is 0 Å². The molecule has 5 nitrogen and oxygen atoms in total. The van der Waals surface area contributed by atoms with Gasteiger partial charge < -0.3 is 5.32 Å². The van der Waals surface area contributed by atoms with E-state index in [2.05, 4.69) is 5.32 Å². The number of rotatable bonds is 5. The summed E-state index contributed by atoms with van der Waals surface area (Å²) in [5.41, 5.74) is 2.38. The Bertz CT molecular complexity index is 1380. The van der Waals surface area contributed by atoms with Crippen molar-refractivity contribution in [2.24, 2.45) is 0 Å². The number of aryl methyl sites for hydroxylation is 2. The van der Waals surface area contributed by atoms with Crippen molar-refractivity contribution < 1.29 is 4.79 Å². The van der Waals surface area contributed by atoms with Crippen molar-refractivity contribution >= 4 is 56.5 Å². The largest absolute Gasteiger partial charge is 0.324 e. The first-order valence-electron chi connectivity index (χ1n) is 10.4. The number of carbonyl (C=O) groups excluding carboxylic acids is 1. The molecule has 0 saturated carbocycles. The number of aromatic nitrogens is 2. The molecule has 0 bridgehead atoms. The molecule has 0 aliphatic heterocycles. The van der Waals surface area contributed by atoms with Crippen LogP contribution in [0.4, 0.5) is 5.69 Å². The van der Waals surface area contributed by atoms with E-state index in [1.165, 1.54) is 16.6 Å². The molecular weight excluding hydrogens is 462 g/mol. The average Bonchev–Trinajstić information content (AvgIpc) is 3.37. The van der Waals surface area contributed by atoms with Gasteiger partial charge in [-0.05, 0) is 56.0 Å². The molecule has 2 aromatic carbocycles. The molecule has 2 heterocycles. The van der Waals surface area contributed by atoms with Crippen molar-refractivity contribution in [1.82, 2.24) is 9.55 Å². The molecule has 1 N–H and O–H groups in total. The highest BCUT2D eigenvalue weighted by molar-refractivity contribution is 8.00. The van der Waals surface area contributed by atoms with Crippen LogP contribution >= 0.6 is 34.7 Å². The van der Waals surface area contributed by atoms with Crippen LogP contribution in [-0.2, 0) is 17.6 Å². The molecular formula is C24H20ClN3O2S2. The first-order valence-corrected chi connectivity index (χ1v) is 12.4. The van der Waals surface area contributed by atoms with E-state index in [1.807, 2.05) is 42.5 Å². The maximum absolute atomic E-state index is 13.7. The summed E-state index contributed by atoms with van der Waals surface area (Å²) in [6.07, 6.45) is 3.00. The van der Waals surface area contributed by atoms with Crippen LogP contribution in [-0.4, -0.2) is 20.7 Å². The summed E-state index contributed by atoms with van der Waals surface area (Å²) in [4.78, 5) is 33.4. The standard InChI is InChI=1S/C24H20ClN3O2S2/c1-14(21(29)26-18-12-6-5-11-17(18)25)31-24-27-22-20(16-10-7-13-19(16)32-22)23(30)28(24)15-8-3-2-4-9-15/h2-6,8-9,11-12,14H,7,10,13H2,1H3,(H,26,29). The number of amides is 1. The van der Waals surface area contributed by atoms with Crippen molar-refractivity contribution in [2.75, 3.05) is 5.32 Å². The van der Waals surface area contributed by atoms with Gasteiger partial charge in [-0.25, -0.2) is 4.98 Å². The van der Waals surface area contributed by atoms with Gasteiger partial charge in [0.15, 0.2) is 5.16 Å². The van der Waals surface area contributed by atoms with Gasteiger partial charge in [0.25, 0.3) is 5.56 Å². The van der Waals surface area contributed by atoms with Gasteiger partial charge in [-0.3, -0.25) is 14.2 Å². The topological polar surface area (TPSA) is 64.0 Å². The molecule has 5 rings (SSSR count). The first kappa shape index (κ1) is 21.2. The van der Waals surface area contributed by atoms with Crippen LogP contribution in [0.2, 0.25) is 5.02 Å². The van der Waals surface area contributed by atoms with E-state index in [4.69, 9.17) is 16.6 Å². The molecule has 8 heteroatoms. The lowest BCUT2D eigenvalue weighted by molar-refractivity contribution is -0.115. The van der Waals surface area contributed by atoms with E-state index in [9.17, 15) is 9.59 Å². The molecule has 4 aromatic rings. The summed E-state index contributed by atoms with van der Waals surface area (Å²) in [6, 6.07) is 16.6. The number of halogens is 1. The number of benzene rings is 2. The monoisotopic (exact) mass is 481 g/mol. The van der Waals surface area contributed by atoms with E-state index in [-0.39, 0.29) is 11.5 Å². The predicted molar refractivity (Wildman–Crippen MR) is 133 cm³/mol. The van der Waals surface area contributed by atoms with Crippen LogP contribution in [0.15, 0.2) is 64.5 Å². The Kier molecular flexibility index (Phi) is 5.80. The van der Waals surface area contributed by atoms with Gasteiger partial charge in [0.05, 0.1) is 27.0 Å². The highest BCUT2D eigenvalue weighted by Crippen LogP contribution is 2.36. The molecule has 162 valence electrons. The van der Waals surface area contributed by atoms with Gasteiger partial charge in [0.2, 0.25) is 5.91 Å². The fourth-order valence-corrected chi connectivity index (χ4v) is 6.33. The molecule has 1 unspecified atom stereocenters. The van der Waals surface area contributed by atoms with E-state index < -0.39 is 5.25 Å². The molecule has 0 spiro atoms. The minimum atomic E-state index is -0.489. The number of hydrogen-bond donors (Lipinski definition) is 1. The maximum atomic E-state index is 13.7. The second-order valence-corrected chi connectivity index (χ2v) is 10.4. The van der Waals surface area contributed by atoms with Crippen LogP contribution in [0.5, 0.6) is 0 Å². The molecule has 0 fully saturated rings. The quantitative estimate of drug-likeness (QED) is 0.293. The number of nitrogens with one attached hydrogen (secondary N) is 1. The zero-order valence-electron chi connectivity index (χ0n) is 17.3. The van der Waals surface area contributed by atoms with Crippen LogP contribution in [0, 0.1) is 0 Å². The molecule has 0 radical (unpaired) electrons. The fraction of sp³-hybridized carbons (Fsp3) is 0.208. The summed E-state index contributed by atoms with van der Waals surface area (Å²) in [5.74, 6) is -0.203. The SMILES string of the molecule is CC(Sc1nc2sc3c(c2c(=O)n1-c1ccccc1)CCC3)C(=O)Nc1ccccc1Cl. The van der Waals surface area contributed by atoms with Crippen molar-refractivity contribution in [3.63, 3.8) is 0 Å². The number of thioether (sulfide) groups is 1.